The van der Waals surface area contributed by atoms with Crippen LogP contribution in [-0.4, -0.2) is 36.5 Å². The predicted molar refractivity (Wildman–Crippen MR) is 90.1 cm³/mol. The van der Waals surface area contributed by atoms with E-state index in [1.165, 1.54) is 13.8 Å². The van der Waals surface area contributed by atoms with Crippen molar-refractivity contribution < 1.29 is 79.6 Å². The van der Waals surface area contributed by atoms with Gasteiger partial charge in [0.05, 0.1) is 5.97 Å². The van der Waals surface area contributed by atoms with Crippen molar-refractivity contribution in [3.05, 3.63) is 35.5 Å². The van der Waals surface area contributed by atoms with Crippen LogP contribution in [0, 0.1) is 0 Å². The average Bonchev–Trinajstić information content (AvgIpc) is 3.07. The summed E-state index contributed by atoms with van der Waals surface area (Å²) in [4.78, 5) is 44.6. The number of hydrogen-bond acceptors (Lipinski definition) is 6. The minimum Gasteiger partial charge on any atom is 1.00 e. The van der Waals surface area contributed by atoms with Crippen molar-refractivity contribution in [3.63, 3.8) is 0 Å². The number of ether oxygens (including phenoxy) is 1. The molecule has 1 aliphatic rings. The van der Waals surface area contributed by atoms with E-state index < -0.39 is 25.1 Å². The standard InChI is InChI=1S/C11H12O4.C6H15O2P.3Co/c1-7(10(12)13)8(2)11(14)15-9-5-3-4-6-9;1-4-9(7,8,5-2)6-3;;;/h3-6,9H,1-2H3,(H,12,13);4-6H2,1-3H3;;;/q;-2;3*+1/p-1/b8-7+;;;;. The quantitative estimate of drug-likeness (QED) is 0.275. The molecule has 0 heterocycles. The van der Waals surface area contributed by atoms with Crippen LogP contribution in [0.3, 0.4) is 0 Å². The van der Waals surface area contributed by atoms with Gasteiger partial charge in [-0.1, -0.05) is 12.2 Å². The van der Waals surface area contributed by atoms with Gasteiger partial charge in [-0.2, -0.15) is 0 Å². The summed E-state index contributed by atoms with van der Waals surface area (Å²) >= 11 is 0. The molecule has 0 saturated heterocycles. The summed E-state index contributed by atoms with van der Waals surface area (Å²) in [5.41, 5.74) is -0.0466. The van der Waals surface area contributed by atoms with E-state index in [4.69, 9.17) is 4.74 Å². The van der Waals surface area contributed by atoms with E-state index in [0.717, 1.165) is 0 Å². The number of carboxylic acids is 1. The molecular formula is C17H26Co3O6P. The number of aliphatic carboxylic acids is 1. The fourth-order valence-electron chi connectivity index (χ4n) is 1.68. The molecule has 0 amide bonds. The van der Waals surface area contributed by atoms with E-state index in [1.807, 2.05) is 0 Å². The van der Waals surface area contributed by atoms with Crippen LogP contribution in [0.25, 0.3) is 0 Å². The summed E-state index contributed by atoms with van der Waals surface area (Å²) in [6, 6.07) is 0. The maximum absolute atomic E-state index is 11.4. The second kappa shape index (κ2) is 14.9. The Labute approximate surface area is 192 Å². The second-order valence-electron chi connectivity index (χ2n) is 5.65. The van der Waals surface area contributed by atoms with Crippen LogP contribution in [-0.2, 0) is 64.7 Å². The van der Waals surface area contributed by atoms with Crippen LogP contribution in [0.5, 0.6) is 0 Å². The van der Waals surface area contributed by atoms with Crippen molar-refractivity contribution in [1.29, 1.82) is 0 Å². The fraction of sp³-hybridized carbons (Fsp3) is 0.529. The number of esters is 1. The van der Waals surface area contributed by atoms with Crippen molar-refractivity contribution in [1.82, 2.24) is 0 Å². The summed E-state index contributed by atoms with van der Waals surface area (Å²) in [5.74, 6) is -2.00. The Morgan fingerprint density at radius 1 is 0.889 bits per heavy atom. The molecule has 10 heteroatoms. The molecule has 0 N–H and O–H groups in total. The molecule has 0 fully saturated rings. The van der Waals surface area contributed by atoms with Crippen molar-refractivity contribution >= 4 is 19.0 Å². The van der Waals surface area contributed by atoms with E-state index in [2.05, 4.69) is 0 Å². The van der Waals surface area contributed by atoms with Crippen LogP contribution in [0.4, 0.5) is 0 Å². The zero-order valence-electron chi connectivity index (χ0n) is 15.9. The Morgan fingerprint density at radius 3 is 1.52 bits per heavy atom. The van der Waals surface area contributed by atoms with E-state index >= 15 is 0 Å². The Bertz CT molecular complexity index is 542. The molecule has 1 rings (SSSR count). The summed E-state index contributed by atoms with van der Waals surface area (Å²) in [5, 5.41) is 10.5. The normalized spacial score (nSPS) is 14.7. The number of rotatable bonds is 6. The van der Waals surface area contributed by atoms with Crippen molar-refractivity contribution in [2.75, 3.05) is 18.5 Å². The van der Waals surface area contributed by atoms with Gasteiger partial charge in [0, 0.05) is 5.57 Å². The van der Waals surface area contributed by atoms with Crippen LogP contribution < -0.4 is 14.9 Å². The molecule has 0 saturated carbocycles. The molecule has 0 spiro atoms. The van der Waals surface area contributed by atoms with E-state index in [-0.39, 0.29) is 61.5 Å². The zero-order chi connectivity index (χ0) is 19.0. The van der Waals surface area contributed by atoms with Gasteiger partial charge < -0.3 is 14.6 Å². The number of hydrogen-bond donors (Lipinski definition) is 0. The molecule has 27 heavy (non-hydrogen) atoms. The van der Waals surface area contributed by atoms with Gasteiger partial charge in [0.1, 0.15) is 6.10 Å². The maximum atomic E-state index is 11.4. The average molecular weight is 534 g/mol. The molecule has 1 aliphatic carbocycles. The monoisotopic (exact) mass is 534 g/mol. The van der Waals surface area contributed by atoms with Crippen LogP contribution in [0.2, 0.25) is 0 Å². The number of allylic oxidation sites excluding steroid dienone is 2. The molecule has 0 unspecified atom stereocenters. The third kappa shape index (κ3) is 12.2. The Hall–Kier alpha value is 0.0295. The van der Waals surface area contributed by atoms with Gasteiger partial charge in [-0.3, -0.25) is 0 Å². The molecule has 0 aromatic rings. The molecule has 0 bridgehead atoms. The van der Waals surface area contributed by atoms with Crippen molar-refractivity contribution in [2.24, 2.45) is 0 Å². The summed E-state index contributed by atoms with van der Waals surface area (Å²) < 4.78 is 4.98. The minimum absolute atomic E-state index is 0. The third-order valence-corrected chi connectivity index (χ3v) is 8.48. The smallest absolute Gasteiger partial charge is 1.00 e. The molecule has 0 aromatic carbocycles. The summed E-state index contributed by atoms with van der Waals surface area (Å²) in [6.45, 7) is 7.85. The van der Waals surface area contributed by atoms with Gasteiger partial charge >= 0.3 is 112 Å². The largest absolute Gasteiger partial charge is 1.00 e. The predicted octanol–water partition coefficient (Wildman–Crippen LogP) is 0.253. The SMILES string of the molecule is C/C(C(=O)[O-])=C(/C)C(=O)OC1C=CC=C1.CCP([O-])([O-])(CC)CC.[Co+].[Co+].[Co+]. The molecule has 6 nitrogen and oxygen atoms in total. The van der Waals surface area contributed by atoms with E-state index in [1.54, 1.807) is 45.1 Å². The number of carboxylic acid groups (broad SMARTS) is 1. The molecule has 0 aromatic heterocycles. The summed E-state index contributed by atoms with van der Waals surface area (Å²) in [6.07, 6.45) is 7.40. The van der Waals surface area contributed by atoms with Crippen molar-refractivity contribution in [2.45, 2.75) is 40.7 Å². The number of carbonyl (C=O) groups is 2. The molecule has 0 aliphatic heterocycles. The first-order chi connectivity index (χ1) is 11.0. The minimum atomic E-state index is -3.63. The molecular weight excluding hydrogens is 508 g/mol. The Kier molecular flexibility index (Phi) is 19.1. The molecule has 0 radical (unpaired) electrons. The van der Waals surface area contributed by atoms with E-state index in [0.29, 0.717) is 18.5 Å². The Balaban J connectivity index is -0.000000195. The van der Waals surface area contributed by atoms with Crippen LogP contribution in [0.15, 0.2) is 35.5 Å². The van der Waals surface area contributed by atoms with Gasteiger partial charge in [0.15, 0.2) is 0 Å². The molecule has 162 valence electrons. The summed E-state index contributed by atoms with van der Waals surface area (Å²) in [7, 11) is -3.63. The van der Waals surface area contributed by atoms with E-state index in [9.17, 15) is 24.5 Å². The first kappa shape index (κ1) is 34.5. The maximum Gasteiger partial charge on any atom is 1.00 e. The first-order valence-corrected chi connectivity index (χ1v) is 10.5. The third-order valence-electron chi connectivity index (χ3n) is 4.25. The fourth-order valence-corrected chi connectivity index (χ4v) is 3.02. The van der Waals surface area contributed by atoms with Gasteiger partial charge in [0.2, 0.25) is 0 Å². The topological polar surface area (TPSA) is 113 Å². The molecule has 0 atom stereocenters. The van der Waals surface area contributed by atoms with Gasteiger partial charge in [0.25, 0.3) is 0 Å². The van der Waals surface area contributed by atoms with Gasteiger partial charge in [-0.15, -0.1) is 0 Å². The van der Waals surface area contributed by atoms with Crippen LogP contribution in [0.1, 0.15) is 34.6 Å². The number of carbonyl (C=O) groups excluding carboxylic acids is 2. The van der Waals surface area contributed by atoms with Crippen molar-refractivity contribution in [3.8, 4) is 0 Å². The second-order valence-corrected chi connectivity index (χ2v) is 10.6. The van der Waals surface area contributed by atoms with Gasteiger partial charge in [-0.05, 0) is 31.6 Å². The Morgan fingerprint density at radius 2 is 1.26 bits per heavy atom. The zero-order valence-corrected chi connectivity index (χ0v) is 19.9. The first-order valence-electron chi connectivity index (χ1n) is 7.90. The van der Waals surface area contributed by atoms with Gasteiger partial charge in [-0.25, -0.2) is 4.79 Å². The van der Waals surface area contributed by atoms with Crippen LogP contribution >= 0.6 is 7.06 Å².